The number of hydrogen-bond donors (Lipinski definition) is 3. The number of amides is 3. The first-order valence-electron chi connectivity index (χ1n) is 11.6. The van der Waals surface area contributed by atoms with Crippen molar-refractivity contribution in [3.63, 3.8) is 0 Å². The van der Waals surface area contributed by atoms with Gasteiger partial charge < -0.3 is 5.32 Å². The van der Waals surface area contributed by atoms with Gasteiger partial charge in [-0.05, 0) is 44.2 Å². The normalized spacial score (nSPS) is 17.1. The first-order chi connectivity index (χ1) is 17.2. The van der Waals surface area contributed by atoms with E-state index in [1.54, 1.807) is 12.1 Å². The number of Topliss-reactive ketones (excluding diaryl/α,β-unsaturated/α-hetero) is 1. The number of nitrogens with zero attached hydrogens (tertiary/aromatic N) is 4. The number of nitriles is 2. The molecule has 3 N–H and O–H groups in total. The Labute approximate surface area is 209 Å². The summed E-state index contributed by atoms with van der Waals surface area (Å²) in [6, 6.07) is 9.19. The summed E-state index contributed by atoms with van der Waals surface area (Å²) in [7, 11) is 0. The van der Waals surface area contributed by atoms with Gasteiger partial charge in [-0.3, -0.25) is 19.2 Å². The summed E-state index contributed by atoms with van der Waals surface area (Å²) in [4.78, 5) is 48.7. The number of nitrogens with one attached hydrogen (secondary N) is 3. The molecule has 2 rings (SSSR count). The largest absolute Gasteiger partial charge is 0.326 e. The van der Waals surface area contributed by atoms with Crippen LogP contribution in [-0.4, -0.2) is 34.9 Å². The van der Waals surface area contributed by atoms with Crippen molar-refractivity contribution in [2.45, 2.75) is 65.2 Å². The van der Waals surface area contributed by atoms with E-state index in [2.05, 4.69) is 26.4 Å². The molecule has 1 aliphatic carbocycles. The van der Waals surface area contributed by atoms with Gasteiger partial charge in [0.05, 0.1) is 18.1 Å². The third-order valence-electron chi connectivity index (χ3n) is 5.62. The molecule has 1 aromatic rings. The molecule has 11 heteroatoms. The van der Waals surface area contributed by atoms with Crippen molar-refractivity contribution in [3.05, 3.63) is 29.3 Å². The summed E-state index contributed by atoms with van der Waals surface area (Å²) in [6.07, 6.45) is 0.819. The second kappa shape index (κ2) is 14.1. The van der Waals surface area contributed by atoms with Crippen LogP contribution < -0.4 is 16.2 Å². The zero-order chi connectivity index (χ0) is 26.5. The fraction of sp³-hybridized carbons (Fsp3) is 0.440. The number of aryl methyl sites for hydroxylation is 2. The smallest absolute Gasteiger partial charge is 0.254 e. The highest BCUT2D eigenvalue weighted by Crippen LogP contribution is 2.24. The molecule has 0 radical (unpaired) electrons. The van der Waals surface area contributed by atoms with Crippen LogP contribution in [0.4, 0.5) is 5.69 Å². The van der Waals surface area contributed by atoms with Crippen molar-refractivity contribution < 1.29 is 19.2 Å². The number of rotatable bonds is 10. The zero-order valence-electron chi connectivity index (χ0n) is 20.4. The van der Waals surface area contributed by atoms with Crippen molar-refractivity contribution in [3.8, 4) is 12.1 Å². The van der Waals surface area contributed by atoms with Crippen LogP contribution in [0.2, 0.25) is 0 Å². The van der Waals surface area contributed by atoms with E-state index in [4.69, 9.17) is 10.5 Å². The van der Waals surface area contributed by atoms with Crippen LogP contribution in [0.5, 0.6) is 0 Å². The Morgan fingerprint density at radius 3 is 2.14 bits per heavy atom. The molecule has 0 heterocycles. The van der Waals surface area contributed by atoms with Gasteiger partial charge in [0, 0.05) is 36.4 Å². The van der Waals surface area contributed by atoms with E-state index in [1.165, 1.54) is 0 Å². The Kier molecular flexibility index (Phi) is 10.9. The maximum atomic E-state index is 13.1. The average molecular weight is 492 g/mol. The van der Waals surface area contributed by atoms with Crippen molar-refractivity contribution >= 4 is 40.6 Å². The summed E-state index contributed by atoms with van der Waals surface area (Å²) >= 11 is 0. The van der Waals surface area contributed by atoms with Gasteiger partial charge in [-0.15, -0.1) is 0 Å². The number of carbonyl (C=O) groups excluding carboxylic acids is 4. The van der Waals surface area contributed by atoms with Gasteiger partial charge in [-0.1, -0.05) is 18.2 Å². The van der Waals surface area contributed by atoms with Crippen molar-refractivity contribution in [1.82, 2.24) is 10.9 Å². The molecule has 11 nitrogen and oxygen atoms in total. The monoisotopic (exact) mass is 491 g/mol. The first-order valence-corrected chi connectivity index (χ1v) is 11.6. The second-order valence-electron chi connectivity index (χ2n) is 8.41. The van der Waals surface area contributed by atoms with Crippen molar-refractivity contribution in [2.24, 2.45) is 16.1 Å². The maximum Gasteiger partial charge on any atom is 0.254 e. The Morgan fingerprint density at radius 2 is 1.53 bits per heavy atom. The van der Waals surface area contributed by atoms with Gasteiger partial charge in [0.25, 0.3) is 11.8 Å². The molecule has 0 bridgehead atoms. The SMILES string of the molecule is Cc1cccc(C)c1NC(=O)CCCC(=O)[C@H]1C/C(=N\NC(=O)CC#N)CC/C1=N\NC(=O)CC#N. The Hall–Kier alpha value is -4.38. The van der Waals surface area contributed by atoms with Gasteiger partial charge in [-0.25, -0.2) is 10.9 Å². The number of hydrazone groups is 2. The highest BCUT2D eigenvalue weighted by Gasteiger charge is 2.30. The lowest BCUT2D eigenvalue weighted by Gasteiger charge is -2.24. The van der Waals surface area contributed by atoms with Crippen molar-refractivity contribution in [2.75, 3.05) is 5.32 Å². The number of hydrogen-bond acceptors (Lipinski definition) is 8. The lowest BCUT2D eigenvalue weighted by molar-refractivity contribution is -0.122. The quantitative estimate of drug-likeness (QED) is 0.423. The average Bonchev–Trinajstić information content (AvgIpc) is 2.84. The van der Waals surface area contributed by atoms with Gasteiger partial charge >= 0.3 is 0 Å². The maximum absolute atomic E-state index is 13.1. The number of carbonyl (C=O) groups is 4. The minimum atomic E-state index is -0.686. The van der Waals surface area contributed by atoms with E-state index >= 15 is 0 Å². The molecule has 36 heavy (non-hydrogen) atoms. The molecule has 1 atom stereocenters. The third-order valence-corrected chi connectivity index (χ3v) is 5.62. The molecule has 188 valence electrons. The van der Waals surface area contributed by atoms with Gasteiger partial charge in [0.1, 0.15) is 18.6 Å². The molecule has 1 aromatic carbocycles. The third kappa shape index (κ3) is 8.76. The molecule has 1 aliphatic rings. The van der Waals surface area contributed by atoms with Gasteiger partial charge in [-0.2, -0.15) is 20.7 Å². The molecular weight excluding hydrogens is 462 g/mol. The van der Waals surface area contributed by atoms with E-state index in [0.29, 0.717) is 30.7 Å². The Balaban J connectivity index is 2.02. The van der Waals surface area contributed by atoms with E-state index in [0.717, 1.165) is 16.8 Å². The predicted octanol–water partition coefficient (Wildman–Crippen LogP) is 2.55. The molecule has 1 saturated carbocycles. The first kappa shape index (κ1) is 27.9. The zero-order valence-corrected chi connectivity index (χ0v) is 20.4. The topological polar surface area (TPSA) is 177 Å². The van der Waals surface area contributed by atoms with Crippen LogP contribution in [0.25, 0.3) is 0 Å². The summed E-state index contributed by atoms with van der Waals surface area (Å²) in [5.74, 6) is -2.18. The van der Waals surface area contributed by atoms with Crippen LogP contribution in [-0.2, 0) is 19.2 Å². The highest BCUT2D eigenvalue weighted by atomic mass is 16.2. The van der Waals surface area contributed by atoms with Gasteiger partial charge in [0.2, 0.25) is 5.91 Å². The molecule has 0 aromatic heterocycles. The van der Waals surface area contributed by atoms with Crippen LogP contribution in [0.1, 0.15) is 62.5 Å². The van der Waals surface area contributed by atoms with Crippen LogP contribution in [0.15, 0.2) is 28.4 Å². The van der Waals surface area contributed by atoms with Crippen LogP contribution in [0, 0.1) is 42.4 Å². The molecule has 1 fully saturated rings. The Morgan fingerprint density at radius 1 is 0.917 bits per heavy atom. The predicted molar refractivity (Wildman–Crippen MR) is 132 cm³/mol. The highest BCUT2D eigenvalue weighted by molar-refractivity contribution is 6.12. The van der Waals surface area contributed by atoms with E-state index in [9.17, 15) is 19.2 Å². The lowest BCUT2D eigenvalue weighted by atomic mass is 9.81. The molecule has 0 spiro atoms. The number of para-hydroxylation sites is 1. The Bertz CT molecular complexity index is 1140. The minimum absolute atomic E-state index is 0.115. The van der Waals surface area contributed by atoms with Gasteiger partial charge in [0.15, 0.2) is 0 Å². The van der Waals surface area contributed by atoms with E-state index < -0.39 is 17.7 Å². The molecular formula is C25H29N7O4. The summed E-state index contributed by atoms with van der Waals surface area (Å²) < 4.78 is 0. The standard InChI is InChI=1S/C25H29N7O4/c1-16-5-3-6-17(2)25(16)28-22(34)8-4-7-21(33)19-15-18(29-31-23(35)11-13-26)9-10-20(19)30-32-24(36)12-14-27/h3,5-6,19H,4,7-12,15H2,1-2H3,(H,28,34)(H,31,35)(H,32,36)/b29-18-,30-20+/t19-/m0/s1. The van der Waals surface area contributed by atoms with Crippen LogP contribution >= 0.6 is 0 Å². The fourth-order valence-corrected chi connectivity index (χ4v) is 3.75. The second-order valence-corrected chi connectivity index (χ2v) is 8.41. The van der Waals surface area contributed by atoms with Crippen molar-refractivity contribution in [1.29, 1.82) is 10.5 Å². The summed E-state index contributed by atoms with van der Waals surface area (Å²) in [5, 5.41) is 28.2. The molecule has 0 saturated heterocycles. The summed E-state index contributed by atoms with van der Waals surface area (Å²) in [6.45, 7) is 3.82. The van der Waals surface area contributed by atoms with Crippen LogP contribution in [0.3, 0.4) is 0 Å². The lowest BCUT2D eigenvalue weighted by Crippen LogP contribution is -2.35. The summed E-state index contributed by atoms with van der Waals surface area (Å²) in [5.41, 5.74) is 8.29. The number of anilines is 1. The molecule has 3 amide bonds. The minimum Gasteiger partial charge on any atom is -0.326 e. The molecule has 0 unspecified atom stereocenters. The number of benzene rings is 1. The number of ketones is 1. The van der Waals surface area contributed by atoms with E-state index in [1.807, 2.05) is 32.0 Å². The molecule has 0 aliphatic heterocycles. The fourth-order valence-electron chi connectivity index (χ4n) is 3.75. The van der Waals surface area contributed by atoms with E-state index in [-0.39, 0.29) is 43.8 Å².